The highest BCUT2D eigenvalue weighted by Crippen LogP contribution is 2.13. The van der Waals surface area contributed by atoms with Gasteiger partial charge in [-0.3, -0.25) is 9.59 Å². The molecule has 1 aliphatic rings. The van der Waals surface area contributed by atoms with Crippen molar-refractivity contribution >= 4 is 23.4 Å². The summed E-state index contributed by atoms with van der Waals surface area (Å²) in [6, 6.07) is 9.18. The van der Waals surface area contributed by atoms with Crippen molar-refractivity contribution in [2.45, 2.75) is 12.5 Å². The Morgan fingerprint density at radius 2 is 2.06 bits per heavy atom. The minimum Gasteiger partial charge on any atom is -0.350 e. The molecule has 0 bridgehead atoms. The number of halogens is 1. The first kappa shape index (κ1) is 12.9. The van der Waals surface area contributed by atoms with E-state index in [4.69, 9.17) is 11.6 Å². The molecule has 4 nitrogen and oxygen atoms in total. The van der Waals surface area contributed by atoms with Crippen LogP contribution in [0.25, 0.3) is 0 Å². The van der Waals surface area contributed by atoms with Crippen LogP contribution in [0.2, 0.25) is 0 Å². The van der Waals surface area contributed by atoms with Crippen LogP contribution in [-0.4, -0.2) is 41.7 Å². The number of carbonyl (C=O) groups excluding carboxylic acids is 2. The summed E-state index contributed by atoms with van der Waals surface area (Å²) in [6.07, 6.45) is 0.779. The van der Waals surface area contributed by atoms with Crippen molar-refractivity contribution < 1.29 is 9.59 Å². The topological polar surface area (TPSA) is 49.4 Å². The van der Waals surface area contributed by atoms with Crippen molar-refractivity contribution in [2.24, 2.45) is 0 Å². The van der Waals surface area contributed by atoms with Crippen LogP contribution in [0.5, 0.6) is 0 Å². The third kappa shape index (κ3) is 3.01. The number of amides is 2. The normalized spacial score (nSPS) is 18.7. The molecule has 1 aromatic carbocycles. The summed E-state index contributed by atoms with van der Waals surface area (Å²) >= 11 is 5.43. The van der Waals surface area contributed by atoms with Gasteiger partial charge in [0, 0.05) is 24.7 Å². The van der Waals surface area contributed by atoms with Crippen LogP contribution in [0.3, 0.4) is 0 Å². The van der Waals surface area contributed by atoms with E-state index in [1.165, 1.54) is 0 Å². The van der Waals surface area contributed by atoms with Crippen LogP contribution in [0.1, 0.15) is 16.8 Å². The zero-order valence-electron chi connectivity index (χ0n) is 9.93. The average molecular weight is 267 g/mol. The lowest BCUT2D eigenvalue weighted by Gasteiger charge is -2.16. The van der Waals surface area contributed by atoms with E-state index < -0.39 is 0 Å². The molecular weight excluding hydrogens is 252 g/mol. The zero-order valence-corrected chi connectivity index (χ0v) is 10.7. The summed E-state index contributed by atoms with van der Waals surface area (Å²) in [7, 11) is 0. The molecule has 2 rings (SSSR count). The molecule has 1 unspecified atom stereocenters. The molecule has 0 aliphatic carbocycles. The molecule has 1 aliphatic heterocycles. The van der Waals surface area contributed by atoms with Gasteiger partial charge in [-0.15, -0.1) is 11.6 Å². The average Bonchev–Trinajstić information content (AvgIpc) is 2.87. The molecule has 1 saturated heterocycles. The van der Waals surface area contributed by atoms with E-state index >= 15 is 0 Å². The largest absolute Gasteiger partial charge is 0.350 e. The van der Waals surface area contributed by atoms with E-state index in [9.17, 15) is 9.59 Å². The third-order valence-electron chi connectivity index (χ3n) is 2.98. The fourth-order valence-corrected chi connectivity index (χ4v) is 2.17. The van der Waals surface area contributed by atoms with Crippen molar-refractivity contribution in [2.75, 3.05) is 19.0 Å². The highest BCUT2D eigenvalue weighted by molar-refractivity contribution is 6.27. The van der Waals surface area contributed by atoms with Crippen LogP contribution in [-0.2, 0) is 4.79 Å². The number of benzene rings is 1. The van der Waals surface area contributed by atoms with Gasteiger partial charge in [-0.05, 0) is 18.6 Å². The Morgan fingerprint density at radius 3 is 2.72 bits per heavy atom. The Balaban J connectivity index is 1.93. The second-order valence-corrected chi connectivity index (χ2v) is 4.57. The van der Waals surface area contributed by atoms with Crippen molar-refractivity contribution in [3.05, 3.63) is 35.9 Å². The third-order valence-corrected chi connectivity index (χ3v) is 3.23. The van der Waals surface area contributed by atoms with Gasteiger partial charge in [0.25, 0.3) is 5.91 Å². The molecule has 1 fully saturated rings. The van der Waals surface area contributed by atoms with Crippen molar-refractivity contribution in [1.82, 2.24) is 10.2 Å². The van der Waals surface area contributed by atoms with E-state index in [1.807, 2.05) is 18.2 Å². The minimum atomic E-state index is -0.185. The molecule has 0 saturated carbocycles. The molecule has 96 valence electrons. The predicted molar refractivity (Wildman–Crippen MR) is 69.6 cm³/mol. The first-order valence-corrected chi connectivity index (χ1v) is 6.44. The molecule has 5 heteroatoms. The van der Waals surface area contributed by atoms with Crippen LogP contribution >= 0.6 is 11.6 Å². The minimum absolute atomic E-state index is 0.0122. The molecule has 0 aromatic heterocycles. The number of likely N-dealkylation sites (tertiary alicyclic amines) is 1. The summed E-state index contributed by atoms with van der Waals surface area (Å²) in [4.78, 5) is 25.1. The quantitative estimate of drug-likeness (QED) is 0.838. The Hall–Kier alpha value is -1.55. The second kappa shape index (κ2) is 5.87. The number of nitrogens with one attached hydrogen (secondary N) is 1. The smallest absolute Gasteiger partial charge is 0.253 e. The van der Waals surface area contributed by atoms with Crippen molar-refractivity contribution in [3.63, 3.8) is 0 Å². The number of nitrogens with zero attached hydrogens (tertiary/aromatic N) is 1. The van der Waals surface area contributed by atoms with Gasteiger partial charge in [0.2, 0.25) is 5.91 Å². The second-order valence-electron chi connectivity index (χ2n) is 4.30. The van der Waals surface area contributed by atoms with Crippen LogP contribution in [0.15, 0.2) is 30.3 Å². The summed E-state index contributed by atoms with van der Waals surface area (Å²) in [5.41, 5.74) is 0.682. The lowest BCUT2D eigenvalue weighted by atomic mass is 10.2. The molecule has 1 heterocycles. The standard InChI is InChI=1S/C13H15ClN2O2/c14-8-12(17)15-11-6-7-16(9-11)13(18)10-4-2-1-3-5-10/h1-5,11H,6-9H2,(H,15,17). The highest BCUT2D eigenvalue weighted by Gasteiger charge is 2.27. The van der Waals surface area contributed by atoms with E-state index in [0.717, 1.165) is 6.42 Å². The maximum atomic E-state index is 12.1. The Kier molecular flexibility index (Phi) is 4.20. The van der Waals surface area contributed by atoms with Gasteiger partial charge >= 0.3 is 0 Å². The van der Waals surface area contributed by atoms with Gasteiger partial charge in [0.1, 0.15) is 5.88 Å². The summed E-state index contributed by atoms with van der Waals surface area (Å²) < 4.78 is 0. The lowest BCUT2D eigenvalue weighted by molar-refractivity contribution is -0.119. The molecule has 1 aromatic rings. The molecule has 2 amide bonds. The van der Waals surface area contributed by atoms with E-state index in [0.29, 0.717) is 18.7 Å². The molecule has 18 heavy (non-hydrogen) atoms. The van der Waals surface area contributed by atoms with Gasteiger partial charge in [-0.1, -0.05) is 18.2 Å². The van der Waals surface area contributed by atoms with Gasteiger partial charge in [0.15, 0.2) is 0 Å². The van der Waals surface area contributed by atoms with Crippen LogP contribution in [0, 0.1) is 0 Å². The highest BCUT2D eigenvalue weighted by atomic mass is 35.5. The predicted octanol–water partition coefficient (Wildman–Crippen LogP) is 1.26. The number of carbonyl (C=O) groups is 2. The van der Waals surface area contributed by atoms with Crippen molar-refractivity contribution in [3.8, 4) is 0 Å². The molecular formula is C13H15ClN2O2. The monoisotopic (exact) mass is 266 g/mol. The Labute approximate surface area is 111 Å². The first-order chi connectivity index (χ1) is 8.70. The van der Waals surface area contributed by atoms with Gasteiger partial charge < -0.3 is 10.2 Å². The summed E-state index contributed by atoms with van der Waals surface area (Å²) in [5, 5.41) is 2.80. The van der Waals surface area contributed by atoms with Gasteiger partial charge in [-0.2, -0.15) is 0 Å². The fourth-order valence-electron chi connectivity index (χ4n) is 2.09. The maximum absolute atomic E-state index is 12.1. The van der Waals surface area contributed by atoms with Gasteiger partial charge in [0.05, 0.1) is 0 Å². The molecule has 0 spiro atoms. The molecule has 1 N–H and O–H groups in total. The molecule has 0 radical (unpaired) electrons. The number of hydrogen-bond donors (Lipinski definition) is 1. The first-order valence-electron chi connectivity index (χ1n) is 5.90. The maximum Gasteiger partial charge on any atom is 0.253 e. The summed E-state index contributed by atoms with van der Waals surface area (Å²) in [6.45, 7) is 1.22. The van der Waals surface area contributed by atoms with E-state index in [1.54, 1.807) is 17.0 Å². The van der Waals surface area contributed by atoms with E-state index in [2.05, 4.69) is 5.32 Å². The SMILES string of the molecule is O=C(CCl)NC1CCN(C(=O)c2ccccc2)C1. The van der Waals surface area contributed by atoms with Crippen LogP contribution < -0.4 is 5.32 Å². The number of alkyl halides is 1. The summed E-state index contributed by atoms with van der Waals surface area (Å²) in [5.74, 6) is -0.211. The number of rotatable bonds is 3. The zero-order chi connectivity index (χ0) is 13.0. The Morgan fingerprint density at radius 1 is 1.33 bits per heavy atom. The van der Waals surface area contributed by atoms with Crippen LogP contribution in [0.4, 0.5) is 0 Å². The van der Waals surface area contributed by atoms with Gasteiger partial charge in [-0.25, -0.2) is 0 Å². The molecule has 1 atom stereocenters. The fraction of sp³-hybridized carbons (Fsp3) is 0.385. The Bertz CT molecular complexity index is 436. The number of hydrogen-bond acceptors (Lipinski definition) is 2. The van der Waals surface area contributed by atoms with Crippen molar-refractivity contribution in [1.29, 1.82) is 0 Å². The lowest BCUT2D eigenvalue weighted by Crippen LogP contribution is -2.39. The van der Waals surface area contributed by atoms with E-state index in [-0.39, 0.29) is 23.7 Å².